The molecule has 0 saturated heterocycles. The number of hydrogen-bond donors (Lipinski definition) is 1. The number of aromatic nitrogens is 2. The van der Waals surface area contributed by atoms with Crippen molar-refractivity contribution in [2.75, 3.05) is 0 Å². The molecule has 0 aliphatic rings. The average molecular weight is 270 g/mol. The second kappa shape index (κ2) is 5.82. The monoisotopic (exact) mass is 270 g/mol. The third-order valence-corrected chi connectivity index (χ3v) is 3.27. The molecule has 0 spiro atoms. The Balaban J connectivity index is 2.35. The summed E-state index contributed by atoms with van der Waals surface area (Å²) in [6.07, 6.45) is 0.407. The Kier molecular flexibility index (Phi) is 4.13. The van der Waals surface area contributed by atoms with Crippen molar-refractivity contribution in [2.45, 2.75) is 33.6 Å². The largest absolute Gasteiger partial charge is 0.481 e. The van der Waals surface area contributed by atoms with E-state index in [1.807, 2.05) is 19.1 Å². The lowest BCUT2D eigenvalue weighted by molar-refractivity contribution is -0.137. The molecule has 4 nitrogen and oxygen atoms in total. The number of benzene rings is 1. The molecule has 0 bridgehead atoms. The third kappa shape index (κ3) is 3.41. The summed E-state index contributed by atoms with van der Waals surface area (Å²) in [5.41, 5.74) is 5.20. The Morgan fingerprint density at radius 2 is 1.85 bits per heavy atom. The van der Waals surface area contributed by atoms with Crippen molar-refractivity contribution < 1.29 is 9.90 Å². The molecule has 2 aromatic rings. The van der Waals surface area contributed by atoms with E-state index < -0.39 is 5.97 Å². The highest BCUT2D eigenvalue weighted by Gasteiger charge is 2.07. The van der Waals surface area contributed by atoms with Crippen molar-refractivity contribution >= 4 is 5.97 Å². The number of aryl methyl sites for hydroxylation is 4. The Bertz CT molecular complexity index is 651. The van der Waals surface area contributed by atoms with Crippen LogP contribution in [0.25, 0.3) is 11.3 Å². The van der Waals surface area contributed by atoms with Crippen LogP contribution in [0.2, 0.25) is 0 Å². The molecule has 0 amide bonds. The summed E-state index contributed by atoms with van der Waals surface area (Å²) in [6.45, 7) is 6.04. The number of carboxylic acid groups (broad SMARTS) is 1. The molecular weight excluding hydrogens is 252 g/mol. The molecule has 20 heavy (non-hydrogen) atoms. The predicted molar refractivity (Wildman–Crippen MR) is 77.6 cm³/mol. The van der Waals surface area contributed by atoms with Gasteiger partial charge in [0, 0.05) is 17.7 Å². The van der Waals surface area contributed by atoms with Crippen LogP contribution < -0.4 is 0 Å². The Morgan fingerprint density at radius 3 is 2.50 bits per heavy atom. The van der Waals surface area contributed by atoms with E-state index in [9.17, 15) is 4.79 Å². The number of carbonyl (C=O) groups is 1. The molecule has 1 N–H and O–H groups in total. The molecule has 0 aliphatic heterocycles. The fraction of sp³-hybridized carbons (Fsp3) is 0.312. The van der Waals surface area contributed by atoms with Crippen LogP contribution in [0.15, 0.2) is 24.3 Å². The first-order valence-electron chi connectivity index (χ1n) is 6.59. The molecule has 0 atom stereocenters. The van der Waals surface area contributed by atoms with Gasteiger partial charge in [-0.15, -0.1) is 0 Å². The molecule has 2 rings (SSSR count). The number of carboxylic acids is 1. The summed E-state index contributed by atoms with van der Waals surface area (Å²) >= 11 is 0. The zero-order valence-electron chi connectivity index (χ0n) is 12.0. The number of nitrogens with zero attached hydrogens (tertiary/aromatic N) is 2. The minimum absolute atomic E-state index is 0.0514. The highest BCUT2D eigenvalue weighted by molar-refractivity contribution is 5.67. The number of hydrogen-bond acceptors (Lipinski definition) is 3. The van der Waals surface area contributed by atoms with E-state index >= 15 is 0 Å². The maximum atomic E-state index is 10.6. The van der Waals surface area contributed by atoms with E-state index in [4.69, 9.17) is 5.11 Å². The molecule has 4 heteroatoms. The van der Waals surface area contributed by atoms with Crippen LogP contribution in [-0.4, -0.2) is 21.0 Å². The van der Waals surface area contributed by atoms with Crippen LogP contribution in [0.3, 0.4) is 0 Å². The van der Waals surface area contributed by atoms with E-state index in [0.29, 0.717) is 12.2 Å². The summed E-state index contributed by atoms with van der Waals surface area (Å²) < 4.78 is 0. The molecule has 0 saturated carbocycles. The first kappa shape index (κ1) is 14.2. The van der Waals surface area contributed by atoms with Gasteiger partial charge in [-0.1, -0.05) is 12.1 Å². The molecular formula is C16H18N2O2. The van der Waals surface area contributed by atoms with Crippen molar-refractivity contribution in [3.05, 3.63) is 46.9 Å². The lowest BCUT2D eigenvalue weighted by atomic mass is 10.0. The van der Waals surface area contributed by atoms with Gasteiger partial charge in [-0.25, -0.2) is 9.97 Å². The third-order valence-electron chi connectivity index (χ3n) is 3.27. The van der Waals surface area contributed by atoms with Gasteiger partial charge in [-0.05, 0) is 44.0 Å². The molecule has 1 aromatic carbocycles. The summed E-state index contributed by atoms with van der Waals surface area (Å²) in [5, 5.41) is 8.74. The summed E-state index contributed by atoms with van der Waals surface area (Å²) in [4.78, 5) is 19.4. The standard InChI is InChI=1S/C16H18N2O2/c1-10-4-5-13(8-11(10)2)14-9-12(3)17-15(18-14)6-7-16(19)20/h4-5,8-9H,6-7H2,1-3H3,(H,19,20). The molecule has 0 aliphatic carbocycles. The van der Waals surface area contributed by atoms with Crippen molar-refractivity contribution in [3.63, 3.8) is 0 Å². The van der Waals surface area contributed by atoms with E-state index in [1.165, 1.54) is 11.1 Å². The van der Waals surface area contributed by atoms with Gasteiger partial charge in [0.25, 0.3) is 0 Å². The maximum Gasteiger partial charge on any atom is 0.303 e. The average Bonchev–Trinajstić information content (AvgIpc) is 2.39. The molecule has 104 valence electrons. The minimum atomic E-state index is -0.831. The van der Waals surface area contributed by atoms with E-state index in [1.54, 1.807) is 0 Å². The molecule has 1 heterocycles. The number of aliphatic carboxylic acids is 1. The summed E-state index contributed by atoms with van der Waals surface area (Å²) in [6, 6.07) is 8.12. The first-order chi connectivity index (χ1) is 9.45. The Hall–Kier alpha value is -2.23. The molecule has 0 fully saturated rings. The zero-order valence-corrected chi connectivity index (χ0v) is 12.0. The highest BCUT2D eigenvalue weighted by Crippen LogP contribution is 2.21. The van der Waals surface area contributed by atoms with Gasteiger partial charge >= 0.3 is 5.97 Å². The van der Waals surface area contributed by atoms with Gasteiger partial charge in [0.2, 0.25) is 0 Å². The lowest BCUT2D eigenvalue weighted by Gasteiger charge is -2.08. The van der Waals surface area contributed by atoms with Crippen molar-refractivity contribution in [1.29, 1.82) is 0 Å². The maximum absolute atomic E-state index is 10.6. The Labute approximate surface area is 118 Å². The quantitative estimate of drug-likeness (QED) is 0.927. The fourth-order valence-electron chi connectivity index (χ4n) is 2.01. The SMILES string of the molecule is Cc1cc(-c2ccc(C)c(C)c2)nc(CCC(=O)O)n1. The smallest absolute Gasteiger partial charge is 0.303 e. The normalized spacial score (nSPS) is 10.6. The van der Waals surface area contributed by atoms with E-state index in [0.717, 1.165) is 17.0 Å². The van der Waals surface area contributed by atoms with E-state index in [2.05, 4.69) is 35.9 Å². The van der Waals surface area contributed by atoms with E-state index in [-0.39, 0.29) is 6.42 Å². The van der Waals surface area contributed by atoms with Crippen LogP contribution in [0.5, 0.6) is 0 Å². The van der Waals surface area contributed by atoms with Crippen molar-refractivity contribution in [3.8, 4) is 11.3 Å². The second-order valence-electron chi connectivity index (χ2n) is 5.00. The molecule has 0 unspecified atom stereocenters. The highest BCUT2D eigenvalue weighted by atomic mass is 16.4. The van der Waals surface area contributed by atoms with Gasteiger partial charge < -0.3 is 5.11 Å². The first-order valence-corrected chi connectivity index (χ1v) is 6.59. The van der Waals surface area contributed by atoms with Gasteiger partial charge in [-0.2, -0.15) is 0 Å². The Morgan fingerprint density at radius 1 is 1.10 bits per heavy atom. The van der Waals surface area contributed by atoms with Gasteiger partial charge in [0.1, 0.15) is 5.82 Å². The zero-order chi connectivity index (χ0) is 14.7. The summed E-state index contributed by atoms with van der Waals surface area (Å²) in [5.74, 6) is -0.247. The molecule has 0 radical (unpaired) electrons. The number of rotatable bonds is 4. The lowest BCUT2D eigenvalue weighted by Crippen LogP contribution is -2.03. The van der Waals surface area contributed by atoms with Crippen LogP contribution in [0.1, 0.15) is 29.1 Å². The minimum Gasteiger partial charge on any atom is -0.481 e. The van der Waals surface area contributed by atoms with Crippen molar-refractivity contribution in [2.24, 2.45) is 0 Å². The molecule has 1 aromatic heterocycles. The van der Waals surface area contributed by atoms with Gasteiger partial charge in [0.15, 0.2) is 0 Å². The predicted octanol–water partition coefficient (Wildman–Crippen LogP) is 3.09. The topological polar surface area (TPSA) is 63.1 Å². The van der Waals surface area contributed by atoms with Crippen LogP contribution in [-0.2, 0) is 11.2 Å². The second-order valence-corrected chi connectivity index (χ2v) is 5.00. The van der Waals surface area contributed by atoms with Gasteiger partial charge in [-0.3, -0.25) is 4.79 Å². The van der Waals surface area contributed by atoms with Gasteiger partial charge in [0.05, 0.1) is 12.1 Å². The summed E-state index contributed by atoms with van der Waals surface area (Å²) in [7, 11) is 0. The van der Waals surface area contributed by atoms with Crippen molar-refractivity contribution in [1.82, 2.24) is 9.97 Å². The van der Waals surface area contributed by atoms with Crippen LogP contribution >= 0.6 is 0 Å². The van der Waals surface area contributed by atoms with Crippen LogP contribution in [0.4, 0.5) is 0 Å². The fourth-order valence-corrected chi connectivity index (χ4v) is 2.01. The van der Waals surface area contributed by atoms with Crippen LogP contribution in [0, 0.1) is 20.8 Å².